The van der Waals surface area contributed by atoms with E-state index in [2.05, 4.69) is 22.4 Å². The van der Waals surface area contributed by atoms with E-state index in [1.165, 1.54) is 17.8 Å². The Bertz CT molecular complexity index is 1000. The number of aryl methyl sites for hydroxylation is 1. The van der Waals surface area contributed by atoms with Gasteiger partial charge < -0.3 is 14.6 Å². The summed E-state index contributed by atoms with van der Waals surface area (Å²) in [7, 11) is 1.63. The van der Waals surface area contributed by atoms with Gasteiger partial charge in [-0.1, -0.05) is 31.2 Å². The molecule has 2 aromatic carbocycles. The van der Waals surface area contributed by atoms with Crippen molar-refractivity contribution in [2.45, 2.75) is 38.4 Å². The van der Waals surface area contributed by atoms with Crippen LogP contribution in [-0.4, -0.2) is 33.5 Å². The molecule has 1 N–H and O–H groups in total. The van der Waals surface area contributed by atoms with Crippen molar-refractivity contribution in [2.75, 3.05) is 18.2 Å². The highest BCUT2D eigenvalue weighted by Gasteiger charge is 2.16. The van der Waals surface area contributed by atoms with E-state index >= 15 is 0 Å². The van der Waals surface area contributed by atoms with Gasteiger partial charge >= 0.3 is 0 Å². The Morgan fingerprint density at radius 1 is 1.20 bits per heavy atom. The Labute approximate surface area is 179 Å². The van der Waals surface area contributed by atoms with E-state index in [1.807, 2.05) is 28.8 Å². The maximum Gasteiger partial charge on any atom is 0.234 e. The first-order valence-electron chi connectivity index (χ1n) is 9.78. The molecule has 0 aliphatic carbocycles. The van der Waals surface area contributed by atoms with Gasteiger partial charge in [-0.2, -0.15) is 0 Å². The third kappa shape index (κ3) is 5.38. The first kappa shape index (κ1) is 21.8. The van der Waals surface area contributed by atoms with Crippen LogP contribution in [0.2, 0.25) is 0 Å². The number of nitrogens with one attached hydrogen (secondary N) is 1. The van der Waals surface area contributed by atoms with Crippen molar-refractivity contribution in [2.24, 2.45) is 0 Å². The van der Waals surface area contributed by atoms with E-state index in [1.54, 1.807) is 26.2 Å². The lowest BCUT2D eigenvalue weighted by atomic mass is 10.2. The third-order valence-corrected chi connectivity index (χ3v) is 5.56. The average molecular weight is 429 g/mol. The highest BCUT2D eigenvalue weighted by molar-refractivity contribution is 7.99. The maximum atomic E-state index is 13.7. The lowest BCUT2D eigenvalue weighted by molar-refractivity contribution is -0.113. The summed E-state index contributed by atoms with van der Waals surface area (Å²) in [6.45, 7) is 4.57. The van der Waals surface area contributed by atoms with Crippen molar-refractivity contribution in [1.82, 2.24) is 14.8 Å². The molecule has 0 fully saturated rings. The van der Waals surface area contributed by atoms with E-state index in [-0.39, 0.29) is 17.5 Å². The Morgan fingerprint density at radius 3 is 2.63 bits per heavy atom. The number of aromatic nitrogens is 3. The number of halogens is 1. The number of anilines is 1. The number of thioether (sulfide) groups is 1. The van der Waals surface area contributed by atoms with Crippen LogP contribution < -0.4 is 10.1 Å². The van der Waals surface area contributed by atoms with Gasteiger partial charge in [-0.3, -0.25) is 4.79 Å². The largest absolute Gasteiger partial charge is 0.497 e. The molecule has 6 nitrogen and oxygen atoms in total. The Kier molecular flexibility index (Phi) is 7.46. The fraction of sp³-hybridized carbons (Fsp3) is 0.318. The van der Waals surface area contributed by atoms with Crippen LogP contribution in [0.1, 0.15) is 25.3 Å². The molecule has 158 valence electrons. The van der Waals surface area contributed by atoms with Crippen molar-refractivity contribution in [3.63, 3.8) is 0 Å². The van der Waals surface area contributed by atoms with Crippen LogP contribution in [0.5, 0.6) is 5.75 Å². The predicted octanol–water partition coefficient (Wildman–Crippen LogP) is 4.93. The number of unbranched alkanes of at least 4 members (excludes halogenated alkanes) is 1. The number of hydrogen-bond acceptors (Lipinski definition) is 5. The SMILES string of the molecule is CCCCn1c(SCC(=O)Nc2ccc(C)c(F)c2)nnc1-c1ccc(OC)cc1. The van der Waals surface area contributed by atoms with Gasteiger partial charge in [-0.05, 0) is 55.3 Å². The van der Waals surface area contributed by atoms with E-state index < -0.39 is 0 Å². The summed E-state index contributed by atoms with van der Waals surface area (Å²) in [5, 5.41) is 12.0. The highest BCUT2D eigenvalue weighted by atomic mass is 32.2. The fourth-order valence-corrected chi connectivity index (χ4v) is 3.63. The van der Waals surface area contributed by atoms with E-state index in [0.29, 0.717) is 16.4 Å². The molecule has 1 amide bonds. The molecular weight excluding hydrogens is 403 g/mol. The number of amides is 1. The summed E-state index contributed by atoms with van der Waals surface area (Å²) >= 11 is 1.31. The minimum absolute atomic E-state index is 0.155. The van der Waals surface area contributed by atoms with Gasteiger partial charge in [0.2, 0.25) is 5.91 Å². The van der Waals surface area contributed by atoms with Crippen molar-refractivity contribution in [3.05, 3.63) is 53.8 Å². The molecule has 0 saturated heterocycles. The van der Waals surface area contributed by atoms with Gasteiger partial charge in [0.1, 0.15) is 11.6 Å². The number of methoxy groups -OCH3 is 1. The molecule has 0 aliphatic rings. The molecule has 3 rings (SSSR count). The Morgan fingerprint density at radius 2 is 1.97 bits per heavy atom. The molecule has 8 heteroatoms. The summed E-state index contributed by atoms with van der Waals surface area (Å²) in [6, 6.07) is 12.3. The number of carbonyl (C=O) groups excluding carboxylic acids is 1. The van der Waals surface area contributed by atoms with Crippen LogP contribution >= 0.6 is 11.8 Å². The van der Waals surface area contributed by atoms with E-state index in [9.17, 15) is 9.18 Å². The van der Waals surface area contributed by atoms with Crippen LogP contribution in [0, 0.1) is 12.7 Å². The molecule has 0 atom stereocenters. The molecule has 0 bridgehead atoms. The molecular formula is C22H25FN4O2S. The first-order chi connectivity index (χ1) is 14.5. The fourth-order valence-electron chi connectivity index (χ4n) is 2.86. The maximum absolute atomic E-state index is 13.7. The van der Waals surface area contributed by atoms with Gasteiger partial charge in [-0.25, -0.2) is 4.39 Å². The zero-order valence-corrected chi connectivity index (χ0v) is 18.1. The number of nitrogens with zero attached hydrogens (tertiary/aromatic N) is 3. The molecule has 1 aromatic heterocycles. The minimum atomic E-state index is -0.344. The smallest absolute Gasteiger partial charge is 0.234 e. The molecule has 0 unspecified atom stereocenters. The van der Waals surface area contributed by atoms with E-state index in [0.717, 1.165) is 36.5 Å². The molecule has 30 heavy (non-hydrogen) atoms. The van der Waals surface area contributed by atoms with Crippen LogP contribution in [-0.2, 0) is 11.3 Å². The third-order valence-electron chi connectivity index (χ3n) is 4.59. The first-order valence-corrected chi connectivity index (χ1v) is 10.8. The molecule has 3 aromatic rings. The second kappa shape index (κ2) is 10.2. The van der Waals surface area contributed by atoms with E-state index in [4.69, 9.17) is 4.74 Å². The van der Waals surface area contributed by atoms with Gasteiger partial charge in [0.25, 0.3) is 0 Å². The zero-order valence-electron chi connectivity index (χ0n) is 17.3. The lowest BCUT2D eigenvalue weighted by Crippen LogP contribution is -2.15. The number of carbonyl (C=O) groups is 1. The number of hydrogen-bond donors (Lipinski definition) is 1. The second-order valence-electron chi connectivity index (χ2n) is 6.84. The standard InChI is InChI=1S/C22H25FN4O2S/c1-4-5-12-27-21(16-7-10-18(29-3)11-8-16)25-26-22(27)30-14-20(28)24-17-9-6-15(2)19(23)13-17/h6-11,13H,4-5,12,14H2,1-3H3,(H,24,28). The topological polar surface area (TPSA) is 69.0 Å². The van der Waals surface area contributed by atoms with Crippen LogP contribution in [0.4, 0.5) is 10.1 Å². The quantitative estimate of drug-likeness (QED) is 0.489. The van der Waals surface area contributed by atoms with Crippen LogP contribution in [0.25, 0.3) is 11.4 Å². The van der Waals surface area contributed by atoms with Gasteiger partial charge in [0.05, 0.1) is 12.9 Å². The predicted molar refractivity (Wildman–Crippen MR) is 117 cm³/mol. The lowest BCUT2D eigenvalue weighted by Gasteiger charge is -2.10. The zero-order chi connectivity index (χ0) is 21.5. The van der Waals surface area contributed by atoms with Crippen molar-refractivity contribution in [3.8, 4) is 17.1 Å². The van der Waals surface area contributed by atoms with Gasteiger partial charge in [0.15, 0.2) is 11.0 Å². The second-order valence-corrected chi connectivity index (χ2v) is 7.78. The van der Waals surface area contributed by atoms with Crippen molar-refractivity contribution < 1.29 is 13.9 Å². The summed E-state index contributed by atoms with van der Waals surface area (Å²) in [5.74, 6) is 1.12. The Hall–Kier alpha value is -2.87. The molecule has 0 aliphatic heterocycles. The van der Waals surface area contributed by atoms with Crippen LogP contribution in [0.3, 0.4) is 0 Å². The normalized spacial score (nSPS) is 10.8. The highest BCUT2D eigenvalue weighted by Crippen LogP contribution is 2.26. The monoisotopic (exact) mass is 428 g/mol. The van der Waals surface area contributed by atoms with Crippen molar-refractivity contribution in [1.29, 1.82) is 0 Å². The van der Waals surface area contributed by atoms with Gasteiger partial charge in [0, 0.05) is 17.8 Å². The Balaban J connectivity index is 1.72. The summed E-state index contributed by atoms with van der Waals surface area (Å²) in [5.41, 5.74) is 1.92. The molecule has 1 heterocycles. The molecule has 0 spiro atoms. The van der Waals surface area contributed by atoms with Gasteiger partial charge in [-0.15, -0.1) is 10.2 Å². The summed E-state index contributed by atoms with van der Waals surface area (Å²) in [6.07, 6.45) is 2.01. The summed E-state index contributed by atoms with van der Waals surface area (Å²) < 4.78 is 20.9. The minimum Gasteiger partial charge on any atom is -0.497 e. The van der Waals surface area contributed by atoms with Crippen molar-refractivity contribution >= 4 is 23.4 Å². The number of ether oxygens (including phenoxy) is 1. The molecule has 0 radical (unpaired) electrons. The number of benzene rings is 2. The molecule has 0 saturated carbocycles. The average Bonchev–Trinajstić information content (AvgIpc) is 3.16. The van der Waals surface area contributed by atoms with Crippen LogP contribution in [0.15, 0.2) is 47.6 Å². The summed E-state index contributed by atoms with van der Waals surface area (Å²) in [4.78, 5) is 12.3. The number of rotatable bonds is 9.